The van der Waals surface area contributed by atoms with Crippen LogP contribution in [0.3, 0.4) is 0 Å². The Balaban J connectivity index is 2.23. The fourth-order valence-corrected chi connectivity index (χ4v) is 2.58. The standard InChI is InChI=1S/C11H12BrFN2OS/c12-9-7(11(14)17)1-2-8(10(9)13)15-6-3-4-16-5-6/h1-2,6,15H,3-5H2,(H2,14,17). The first-order valence-corrected chi connectivity index (χ1v) is 6.42. The number of hydrogen-bond donors (Lipinski definition) is 2. The van der Waals surface area contributed by atoms with Gasteiger partial charge in [0.1, 0.15) is 4.99 Å². The van der Waals surface area contributed by atoms with Crippen molar-refractivity contribution < 1.29 is 9.13 Å². The molecule has 6 heteroatoms. The normalized spacial score (nSPS) is 19.3. The molecule has 0 aliphatic carbocycles. The minimum atomic E-state index is -0.373. The molecule has 1 aliphatic heterocycles. The molecule has 0 spiro atoms. The maximum Gasteiger partial charge on any atom is 0.161 e. The second kappa shape index (κ2) is 5.29. The molecule has 1 saturated heterocycles. The number of thiocarbonyl (C=S) groups is 1. The Labute approximate surface area is 113 Å². The number of benzene rings is 1. The lowest BCUT2D eigenvalue weighted by Crippen LogP contribution is -2.20. The summed E-state index contributed by atoms with van der Waals surface area (Å²) in [6.45, 7) is 1.32. The molecule has 1 fully saturated rings. The number of nitrogens with two attached hydrogens (primary N) is 1. The van der Waals surface area contributed by atoms with Crippen molar-refractivity contribution >= 4 is 38.8 Å². The van der Waals surface area contributed by atoms with Gasteiger partial charge in [0.15, 0.2) is 5.82 Å². The van der Waals surface area contributed by atoms with Crippen LogP contribution in [0, 0.1) is 5.82 Å². The van der Waals surface area contributed by atoms with E-state index in [2.05, 4.69) is 21.2 Å². The molecular weight excluding hydrogens is 307 g/mol. The van der Waals surface area contributed by atoms with Crippen LogP contribution in [0.4, 0.5) is 10.1 Å². The van der Waals surface area contributed by atoms with Crippen molar-refractivity contribution in [2.75, 3.05) is 18.5 Å². The van der Waals surface area contributed by atoms with Gasteiger partial charge >= 0.3 is 0 Å². The molecule has 3 N–H and O–H groups in total. The van der Waals surface area contributed by atoms with Crippen LogP contribution in [-0.4, -0.2) is 24.2 Å². The Bertz CT molecular complexity index is 449. The first kappa shape index (κ1) is 12.7. The fraction of sp³-hybridized carbons (Fsp3) is 0.364. The van der Waals surface area contributed by atoms with Crippen LogP contribution in [-0.2, 0) is 4.74 Å². The van der Waals surface area contributed by atoms with Gasteiger partial charge in [0.05, 0.1) is 22.8 Å². The van der Waals surface area contributed by atoms with Gasteiger partial charge in [-0.3, -0.25) is 0 Å². The summed E-state index contributed by atoms with van der Waals surface area (Å²) in [6.07, 6.45) is 0.883. The van der Waals surface area contributed by atoms with Crippen LogP contribution in [0.2, 0.25) is 0 Å². The van der Waals surface area contributed by atoms with E-state index < -0.39 is 0 Å². The molecule has 0 amide bonds. The third-order valence-corrected chi connectivity index (χ3v) is 3.63. The Morgan fingerprint density at radius 3 is 2.94 bits per heavy atom. The van der Waals surface area contributed by atoms with Gasteiger partial charge in [0.25, 0.3) is 0 Å². The summed E-state index contributed by atoms with van der Waals surface area (Å²) in [4.78, 5) is 0.173. The summed E-state index contributed by atoms with van der Waals surface area (Å²) in [7, 11) is 0. The number of halogens is 2. The molecule has 0 aromatic heterocycles. The third-order valence-electron chi connectivity index (χ3n) is 2.64. The van der Waals surface area contributed by atoms with Gasteiger partial charge in [-0.1, -0.05) is 12.2 Å². The highest BCUT2D eigenvalue weighted by Gasteiger charge is 2.19. The molecule has 1 aromatic carbocycles. The van der Waals surface area contributed by atoms with E-state index in [0.29, 0.717) is 28.9 Å². The second-order valence-electron chi connectivity index (χ2n) is 3.86. The minimum absolute atomic E-state index is 0.159. The van der Waals surface area contributed by atoms with Gasteiger partial charge in [-0.15, -0.1) is 0 Å². The summed E-state index contributed by atoms with van der Waals surface area (Å²) in [5.41, 5.74) is 6.43. The molecular formula is C11H12BrFN2OS. The van der Waals surface area contributed by atoms with Crippen molar-refractivity contribution in [3.8, 4) is 0 Å². The van der Waals surface area contributed by atoms with Crippen molar-refractivity contribution in [3.63, 3.8) is 0 Å². The molecule has 17 heavy (non-hydrogen) atoms. The van der Waals surface area contributed by atoms with Gasteiger partial charge in [-0.2, -0.15) is 0 Å². The van der Waals surface area contributed by atoms with Crippen molar-refractivity contribution in [2.45, 2.75) is 12.5 Å². The number of ether oxygens (including phenoxy) is 1. The molecule has 1 aromatic rings. The molecule has 0 radical (unpaired) electrons. The summed E-state index contributed by atoms with van der Waals surface area (Å²) in [6, 6.07) is 3.51. The average Bonchev–Trinajstić information content (AvgIpc) is 2.77. The first-order valence-electron chi connectivity index (χ1n) is 5.21. The van der Waals surface area contributed by atoms with E-state index in [1.165, 1.54) is 0 Å². The maximum absolute atomic E-state index is 14.0. The SMILES string of the molecule is NC(=S)c1ccc(NC2CCOC2)c(F)c1Br. The van der Waals surface area contributed by atoms with E-state index in [-0.39, 0.29) is 16.8 Å². The summed E-state index contributed by atoms with van der Waals surface area (Å²) in [5, 5.41) is 3.10. The highest BCUT2D eigenvalue weighted by molar-refractivity contribution is 9.10. The molecule has 1 atom stereocenters. The lowest BCUT2D eigenvalue weighted by atomic mass is 10.1. The van der Waals surface area contributed by atoms with E-state index in [1.54, 1.807) is 12.1 Å². The van der Waals surface area contributed by atoms with Crippen LogP contribution in [0.5, 0.6) is 0 Å². The summed E-state index contributed by atoms with van der Waals surface area (Å²) >= 11 is 8.00. The zero-order valence-electron chi connectivity index (χ0n) is 9.00. The lowest BCUT2D eigenvalue weighted by Gasteiger charge is -2.15. The zero-order chi connectivity index (χ0) is 12.4. The Morgan fingerprint density at radius 1 is 1.59 bits per heavy atom. The predicted octanol–water partition coefficient (Wildman–Crippen LogP) is 2.42. The van der Waals surface area contributed by atoms with Crippen molar-refractivity contribution in [3.05, 3.63) is 28.0 Å². The summed E-state index contributed by atoms with van der Waals surface area (Å²) in [5.74, 6) is -0.373. The van der Waals surface area contributed by atoms with E-state index in [1.807, 2.05) is 0 Å². The monoisotopic (exact) mass is 318 g/mol. The highest BCUT2D eigenvalue weighted by Crippen LogP contribution is 2.28. The average molecular weight is 319 g/mol. The predicted molar refractivity (Wildman–Crippen MR) is 72.8 cm³/mol. The molecule has 2 rings (SSSR count). The minimum Gasteiger partial charge on any atom is -0.389 e. The van der Waals surface area contributed by atoms with Crippen LogP contribution in [0.25, 0.3) is 0 Å². The molecule has 92 valence electrons. The van der Waals surface area contributed by atoms with Crippen molar-refractivity contribution in [1.29, 1.82) is 0 Å². The first-order chi connectivity index (χ1) is 8.09. The molecule has 1 heterocycles. The Morgan fingerprint density at radius 2 is 2.35 bits per heavy atom. The molecule has 0 bridgehead atoms. The van der Waals surface area contributed by atoms with Crippen molar-refractivity contribution in [2.24, 2.45) is 5.73 Å². The van der Waals surface area contributed by atoms with Gasteiger partial charge in [0, 0.05) is 12.2 Å². The largest absolute Gasteiger partial charge is 0.389 e. The Kier molecular flexibility index (Phi) is 3.96. The maximum atomic E-state index is 14.0. The second-order valence-corrected chi connectivity index (χ2v) is 5.09. The number of hydrogen-bond acceptors (Lipinski definition) is 3. The molecule has 0 saturated carbocycles. The fourth-order valence-electron chi connectivity index (χ4n) is 1.72. The van der Waals surface area contributed by atoms with Gasteiger partial charge in [-0.25, -0.2) is 4.39 Å². The van der Waals surface area contributed by atoms with Gasteiger partial charge in [-0.05, 0) is 34.5 Å². The Hall–Kier alpha value is -0.720. The van der Waals surface area contributed by atoms with Crippen LogP contribution in [0.15, 0.2) is 16.6 Å². The third kappa shape index (κ3) is 2.75. The van der Waals surface area contributed by atoms with Gasteiger partial charge < -0.3 is 15.8 Å². The highest BCUT2D eigenvalue weighted by atomic mass is 79.9. The zero-order valence-corrected chi connectivity index (χ0v) is 11.4. The molecule has 3 nitrogen and oxygen atoms in total. The van der Waals surface area contributed by atoms with Gasteiger partial charge in [0.2, 0.25) is 0 Å². The van der Waals surface area contributed by atoms with Crippen LogP contribution >= 0.6 is 28.1 Å². The van der Waals surface area contributed by atoms with Crippen LogP contribution in [0.1, 0.15) is 12.0 Å². The van der Waals surface area contributed by atoms with E-state index >= 15 is 0 Å². The summed E-state index contributed by atoms with van der Waals surface area (Å²) < 4.78 is 19.5. The molecule has 1 unspecified atom stereocenters. The van der Waals surface area contributed by atoms with Crippen molar-refractivity contribution in [1.82, 2.24) is 0 Å². The quantitative estimate of drug-likeness (QED) is 0.840. The number of nitrogens with one attached hydrogen (secondary N) is 1. The number of anilines is 1. The molecule has 1 aliphatic rings. The van der Waals surface area contributed by atoms with E-state index in [0.717, 1.165) is 6.42 Å². The van der Waals surface area contributed by atoms with E-state index in [9.17, 15) is 4.39 Å². The topological polar surface area (TPSA) is 47.3 Å². The lowest BCUT2D eigenvalue weighted by molar-refractivity contribution is 0.195. The van der Waals surface area contributed by atoms with E-state index in [4.69, 9.17) is 22.7 Å². The smallest absolute Gasteiger partial charge is 0.161 e. The van der Waals surface area contributed by atoms with Crippen LogP contribution < -0.4 is 11.1 Å². The number of rotatable bonds is 3.